The average Bonchev–Trinajstić information content (AvgIpc) is 2.38. The van der Waals surface area contributed by atoms with E-state index in [1.54, 1.807) is 6.92 Å². The number of rotatable bonds is 3. The van der Waals surface area contributed by atoms with E-state index in [1.807, 2.05) is 0 Å². The SMILES string of the molecule is CCOC(=O)c1c[nH]c2cc(S(N)(=O)=O)ccc2c1=O. The minimum Gasteiger partial charge on any atom is -0.462 e. The highest BCUT2D eigenvalue weighted by Gasteiger charge is 2.15. The van der Waals surface area contributed by atoms with Crippen LogP contribution in [0, 0.1) is 0 Å². The number of ether oxygens (including phenoxy) is 1. The molecule has 0 bridgehead atoms. The normalized spacial score (nSPS) is 11.5. The third kappa shape index (κ3) is 2.56. The molecule has 8 heteroatoms. The second-order valence-corrected chi connectivity index (χ2v) is 5.57. The highest BCUT2D eigenvalue weighted by molar-refractivity contribution is 7.89. The molecule has 0 aliphatic rings. The minimum atomic E-state index is -3.86. The van der Waals surface area contributed by atoms with Crippen molar-refractivity contribution >= 4 is 26.9 Å². The standard InChI is InChI=1S/C12H12N2O5S/c1-2-19-12(16)9-6-14-10-5-7(20(13,17)18)3-4-8(10)11(9)15/h3-6H,2H2,1H3,(H,14,15)(H2,13,17,18). The number of hydrogen-bond acceptors (Lipinski definition) is 5. The Balaban J connectivity index is 2.65. The molecule has 0 spiro atoms. The number of nitrogens with two attached hydrogens (primary N) is 1. The van der Waals surface area contributed by atoms with E-state index < -0.39 is 21.4 Å². The average molecular weight is 296 g/mol. The molecule has 0 atom stereocenters. The fourth-order valence-electron chi connectivity index (χ4n) is 1.74. The molecule has 0 fully saturated rings. The minimum absolute atomic E-state index is 0.121. The molecule has 106 valence electrons. The summed E-state index contributed by atoms with van der Waals surface area (Å²) in [7, 11) is -3.86. The summed E-state index contributed by atoms with van der Waals surface area (Å²) in [4.78, 5) is 26.3. The molecule has 0 saturated carbocycles. The van der Waals surface area contributed by atoms with Crippen LogP contribution in [0.15, 0.2) is 34.1 Å². The number of esters is 1. The van der Waals surface area contributed by atoms with Crippen molar-refractivity contribution in [2.24, 2.45) is 5.14 Å². The lowest BCUT2D eigenvalue weighted by molar-refractivity contribution is 0.0524. The maximum Gasteiger partial charge on any atom is 0.343 e. The first kappa shape index (κ1) is 14.2. The van der Waals surface area contributed by atoms with Crippen LogP contribution in [-0.2, 0) is 14.8 Å². The fourth-order valence-corrected chi connectivity index (χ4v) is 2.28. The summed E-state index contributed by atoms with van der Waals surface area (Å²) in [5.41, 5.74) is -0.393. The van der Waals surface area contributed by atoms with Crippen LogP contribution in [0.1, 0.15) is 17.3 Å². The summed E-state index contributed by atoms with van der Waals surface area (Å²) < 4.78 is 27.2. The quantitative estimate of drug-likeness (QED) is 0.792. The van der Waals surface area contributed by atoms with Gasteiger partial charge < -0.3 is 9.72 Å². The lowest BCUT2D eigenvalue weighted by Crippen LogP contribution is -2.18. The van der Waals surface area contributed by atoms with E-state index in [0.717, 1.165) is 0 Å². The second kappa shape index (κ2) is 5.06. The van der Waals surface area contributed by atoms with Crippen LogP contribution in [0.4, 0.5) is 0 Å². The number of aromatic nitrogens is 1. The molecular weight excluding hydrogens is 284 g/mol. The van der Waals surface area contributed by atoms with E-state index in [-0.39, 0.29) is 28.0 Å². The van der Waals surface area contributed by atoms with Gasteiger partial charge in [-0.2, -0.15) is 0 Å². The number of nitrogens with one attached hydrogen (secondary N) is 1. The van der Waals surface area contributed by atoms with E-state index in [4.69, 9.17) is 9.88 Å². The Hall–Kier alpha value is -2.19. The first-order valence-electron chi connectivity index (χ1n) is 5.70. The zero-order valence-corrected chi connectivity index (χ0v) is 11.4. The van der Waals surface area contributed by atoms with Crippen LogP contribution in [-0.4, -0.2) is 26.0 Å². The summed E-state index contributed by atoms with van der Waals surface area (Å²) in [6.45, 7) is 1.78. The largest absolute Gasteiger partial charge is 0.462 e. The van der Waals surface area contributed by atoms with Crippen LogP contribution in [0.2, 0.25) is 0 Å². The van der Waals surface area contributed by atoms with E-state index in [2.05, 4.69) is 4.98 Å². The Morgan fingerprint density at radius 1 is 1.40 bits per heavy atom. The van der Waals surface area contributed by atoms with Crippen molar-refractivity contribution < 1.29 is 17.9 Å². The van der Waals surface area contributed by atoms with Crippen LogP contribution >= 0.6 is 0 Å². The van der Waals surface area contributed by atoms with Gasteiger partial charge in [0.25, 0.3) is 0 Å². The van der Waals surface area contributed by atoms with Crippen molar-refractivity contribution in [2.75, 3.05) is 6.61 Å². The van der Waals surface area contributed by atoms with E-state index in [1.165, 1.54) is 24.4 Å². The topological polar surface area (TPSA) is 119 Å². The van der Waals surface area contributed by atoms with Gasteiger partial charge >= 0.3 is 5.97 Å². The predicted octanol–water partition coefficient (Wildman–Crippen LogP) is 0.352. The molecule has 7 nitrogen and oxygen atoms in total. The van der Waals surface area contributed by atoms with Crippen LogP contribution in [0.5, 0.6) is 0 Å². The Bertz CT molecular complexity index is 839. The van der Waals surface area contributed by atoms with Crippen molar-refractivity contribution in [3.05, 3.63) is 40.2 Å². The Labute approximate surface area is 114 Å². The number of fused-ring (bicyclic) bond motifs is 1. The smallest absolute Gasteiger partial charge is 0.343 e. The monoisotopic (exact) mass is 296 g/mol. The number of sulfonamides is 1. The lowest BCUT2D eigenvalue weighted by Gasteiger charge is -2.04. The maximum atomic E-state index is 12.1. The summed E-state index contributed by atoms with van der Waals surface area (Å²) in [6, 6.07) is 3.75. The van der Waals surface area contributed by atoms with Crippen LogP contribution < -0.4 is 10.6 Å². The highest BCUT2D eigenvalue weighted by Crippen LogP contribution is 2.14. The maximum absolute atomic E-state index is 12.1. The van der Waals surface area contributed by atoms with Crippen molar-refractivity contribution in [3.8, 4) is 0 Å². The number of primary sulfonamides is 1. The van der Waals surface area contributed by atoms with Gasteiger partial charge in [0.05, 0.1) is 17.0 Å². The molecule has 0 aliphatic carbocycles. The molecule has 1 aromatic carbocycles. The first-order chi connectivity index (χ1) is 9.34. The van der Waals surface area contributed by atoms with Crippen molar-refractivity contribution in [3.63, 3.8) is 0 Å². The van der Waals surface area contributed by atoms with Gasteiger partial charge in [0.15, 0.2) is 0 Å². The third-order valence-electron chi connectivity index (χ3n) is 2.68. The molecule has 0 radical (unpaired) electrons. The summed E-state index contributed by atoms with van der Waals surface area (Å²) in [5.74, 6) is -0.730. The zero-order chi connectivity index (χ0) is 14.9. The first-order valence-corrected chi connectivity index (χ1v) is 7.24. The zero-order valence-electron chi connectivity index (χ0n) is 10.5. The summed E-state index contributed by atoms with van der Waals surface area (Å²) in [5, 5.41) is 5.19. The highest BCUT2D eigenvalue weighted by atomic mass is 32.2. The van der Waals surface area contributed by atoms with Crippen molar-refractivity contribution in [2.45, 2.75) is 11.8 Å². The molecular formula is C12H12N2O5S. The molecule has 0 unspecified atom stereocenters. The van der Waals surface area contributed by atoms with Gasteiger partial charge in [0.1, 0.15) is 5.56 Å². The van der Waals surface area contributed by atoms with Crippen molar-refractivity contribution in [1.82, 2.24) is 4.98 Å². The molecule has 0 amide bonds. The number of benzene rings is 1. The fraction of sp³-hybridized carbons (Fsp3) is 0.167. The number of pyridine rings is 1. The lowest BCUT2D eigenvalue weighted by atomic mass is 10.1. The molecule has 3 N–H and O–H groups in total. The third-order valence-corrected chi connectivity index (χ3v) is 3.59. The molecule has 0 aliphatic heterocycles. The van der Waals surface area contributed by atoms with Gasteiger partial charge in [-0.05, 0) is 25.1 Å². The van der Waals surface area contributed by atoms with E-state index in [0.29, 0.717) is 0 Å². The number of aromatic amines is 1. The summed E-state index contributed by atoms with van der Waals surface area (Å²) >= 11 is 0. The van der Waals surface area contributed by atoms with E-state index in [9.17, 15) is 18.0 Å². The second-order valence-electron chi connectivity index (χ2n) is 4.00. The van der Waals surface area contributed by atoms with Gasteiger partial charge in [-0.25, -0.2) is 18.4 Å². The van der Waals surface area contributed by atoms with Gasteiger partial charge in [-0.15, -0.1) is 0 Å². The molecule has 2 rings (SSSR count). The van der Waals surface area contributed by atoms with Gasteiger partial charge in [0.2, 0.25) is 15.5 Å². The number of carbonyl (C=O) groups is 1. The van der Waals surface area contributed by atoms with Crippen LogP contribution in [0.3, 0.4) is 0 Å². The Morgan fingerprint density at radius 3 is 2.70 bits per heavy atom. The number of H-pyrrole nitrogens is 1. The van der Waals surface area contributed by atoms with Crippen LogP contribution in [0.25, 0.3) is 10.9 Å². The Kier molecular flexibility index (Phi) is 3.60. The summed E-state index contributed by atoms with van der Waals surface area (Å²) in [6.07, 6.45) is 1.19. The van der Waals surface area contributed by atoms with E-state index >= 15 is 0 Å². The number of hydrogen-bond donors (Lipinski definition) is 2. The van der Waals surface area contributed by atoms with Gasteiger partial charge in [-0.3, -0.25) is 4.79 Å². The predicted molar refractivity (Wildman–Crippen MR) is 71.9 cm³/mol. The van der Waals surface area contributed by atoms with Crippen molar-refractivity contribution in [1.29, 1.82) is 0 Å². The molecule has 20 heavy (non-hydrogen) atoms. The molecule has 0 saturated heterocycles. The Morgan fingerprint density at radius 2 is 2.10 bits per heavy atom. The van der Waals surface area contributed by atoms with Gasteiger partial charge in [-0.1, -0.05) is 0 Å². The number of carbonyl (C=O) groups excluding carboxylic acids is 1. The molecule has 1 heterocycles. The molecule has 1 aromatic heterocycles. The van der Waals surface area contributed by atoms with Gasteiger partial charge in [0, 0.05) is 11.6 Å². The molecule has 2 aromatic rings.